The monoisotopic (exact) mass is 236 g/mol. The number of benzene rings is 1. The highest BCUT2D eigenvalue weighted by Crippen LogP contribution is 2.09. The maximum Gasteiger partial charge on any atom is 0.314 e. The van der Waals surface area contributed by atoms with Gasteiger partial charge in [-0.1, -0.05) is 25.5 Å². The largest absolute Gasteiger partial charge is 0.508 e. The summed E-state index contributed by atoms with van der Waals surface area (Å²) in [6, 6.07) is 6.89. The van der Waals surface area contributed by atoms with E-state index in [0.717, 1.165) is 31.4 Å². The van der Waals surface area contributed by atoms with E-state index < -0.39 is 0 Å². The van der Waals surface area contributed by atoms with Crippen LogP contribution in [-0.2, 0) is 6.42 Å². The number of rotatable bonds is 6. The molecule has 0 saturated carbocycles. The quantitative estimate of drug-likeness (QED) is 0.662. The van der Waals surface area contributed by atoms with Crippen molar-refractivity contribution in [2.24, 2.45) is 0 Å². The second-order valence-electron chi connectivity index (χ2n) is 3.95. The standard InChI is InChI=1S/C13H20N2O2/c1-2-3-9-14-13(17)15-10-8-11-4-6-12(16)7-5-11/h4-7,16H,2-3,8-10H2,1H3,(H2,14,15,17). The van der Waals surface area contributed by atoms with Crippen LogP contribution < -0.4 is 10.6 Å². The van der Waals surface area contributed by atoms with Crippen LogP contribution in [0.1, 0.15) is 25.3 Å². The highest BCUT2D eigenvalue weighted by Gasteiger charge is 1.98. The lowest BCUT2D eigenvalue weighted by Gasteiger charge is -2.07. The molecule has 4 heteroatoms. The lowest BCUT2D eigenvalue weighted by molar-refractivity contribution is 0.241. The Bertz CT molecular complexity index is 336. The van der Waals surface area contributed by atoms with Gasteiger partial charge in [0.2, 0.25) is 0 Å². The highest BCUT2D eigenvalue weighted by atomic mass is 16.3. The zero-order valence-electron chi connectivity index (χ0n) is 10.2. The number of hydrogen-bond acceptors (Lipinski definition) is 2. The summed E-state index contributed by atoms with van der Waals surface area (Å²) in [5.41, 5.74) is 1.09. The van der Waals surface area contributed by atoms with Gasteiger partial charge in [0.15, 0.2) is 0 Å². The van der Waals surface area contributed by atoms with E-state index in [0.29, 0.717) is 6.54 Å². The first-order chi connectivity index (χ1) is 8.22. The van der Waals surface area contributed by atoms with Gasteiger partial charge in [0.1, 0.15) is 5.75 Å². The number of carbonyl (C=O) groups is 1. The Morgan fingerprint density at radius 1 is 1.18 bits per heavy atom. The molecule has 0 aliphatic heterocycles. The predicted octanol–water partition coefficient (Wildman–Crippen LogP) is 2.03. The summed E-state index contributed by atoms with van der Waals surface area (Å²) in [7, 11) is 0. The molecule has 2 amide bonds. The number of unbranched alkanes of at least 4 members (excludes halogenated alkanes) is 1. The molecule has 1 rings (SSSR count). The molecule has 94 valence electrons. The van der Waals surface area contributed by atoms with E-state index in [1.807, 2.05) is 12.1 Å². The van der Waals surface area contributed by atoms with Gasteiger partial charge in [-0.15, -0.1) is 0 Å². The molecular formula is C13H20N2O2. The average Bonchev–Trinajstić information content (AvgIpc) is 2.32. The van der Waals surface area contributed by atoms with Crippen molar-refractivity contribution < 1.29 is 9.90 Å². The zero-order chi connectivity index (χ0) is 12.5. The minimum atomic E-state index is -0.114. The van der Waals surface area contributed by atoms with Crippen molar-refractivity contribution in [3.05, 3.63) is 29.8 Å². The second kappa shape index (κ2) is 7.54. The lowest BCUT2D eigenvalue weighted by atomic mass is 10.1. The van der Waals surface area contributed by atoms with Crippen molar-refractivity contribution in [1.29, 1.82) is 0 Å². The summed E-state index contributed by atoms with van der Waals surface area (Å²) in [4.78, 5) is 11.3. The van der Waals surface area contributed by atoms with E-state index >= 15 is 0 Å². The summed E-state index contributed by atoms with van der Waals surface area (Å²) in [5, 5.41) is 14.7. The number of hydrogen-bond donors (Lipinski definition) is 3. The number of nitrogens with one attached hydrogen (secondary N) is 2. The van der Waals surface area contributed by atoms with Crippen LogP contribution in [0.3, 0.4) is 0 Å². The number of urea groups is 1. The van der Waals surface area contributed by atoms with Crippen LogP contribution in [-0.4, -0.2) is 24.2 Å². The van der Waals surface area contributed by atoms with Gasteiger partial charge in [-0.25, -0.2) is 4.79 Å². The van der Waals surface area contributed by atoms with E-state index in [-0.39, 0.29) is 11.8 Å². The van der Waals surface area contributed by atoms with Gasteiger partial charge in [-0.2, -0.15) is 0 Å². The molecule has 0 bridgehead atoms. The third-order valence-electron chi connectivity index (χ3n) is 2.45. The van der Waals surface area contributed by atoms with Crippen molar-refractivity contribution in [2.75, 3.05) is 13.1 Å². The summed E-state index contributed by atoms with van der Waals surface area (Å²) < 4.78 is 0. The average molecular weight is 236 g/mol. The van der Waals surface area contributed by atoms with Crippen molar-refractivity contribution in [3.63, 3.8) is 0 Å². The Kier molecular flexibility index (Phi) is 5.93. The summed E-state index contributed by atoms with van der Waals surface area (Å²) in [6.45, 7) is 3.41. The molecule has 0 fully saturated rings. The fourth-order valence-electron chi connectivity index (χ4n) is 1.42. The Labute approximate surface area is 102 Å². The number of phenolic OH excluding ortho intramolecular Hbond substituents is 1. The second-order valence-corrected chi connectivity index (χ2v) is 3.95. The molecule has 0 aliphatic rings. The molecule has 4 nitrogen and oxygen atoms in total. The number of aromatic hydroxyl groups is 1. The molecule has 0 aliphatic carbocycles. The minimum Gasteiger partial charge on any atom is -0.508 e. The lowest BCUT2D eigenvalue weighted by Crippen LogP contribution is -2.37. The van der Waals surface area contributed by atoms with E-state index in [9.17, 15) is 4.79 Å². The van der Waals surface area contributed by atoms with Crippen LogP contribution >= 0.6 is 0 Å². The van der Waals surface area contributed by atoms with Gasteiger partial charge in [-0.3, -0.25) is 0 Å². The molecule has 17 heavy (non-hydrogen) atoms. The molecule has 1 aromatic carbocycles. The highest BCUT2D eigenvalue weighted by molar-refractivity contribution is 5.73. The van der Waals surface area contributed by atoms with Crippen molar-refractivity contribution in [1.82, 2.24) is 10.6 Å². The SMILES string of the molecule is CCCCNC(=O)NCCc1ccc(O)cc1. The van der Waals surface area contributed by atoms with Crippen LogP contribution in [0, 0.1) is 0 Å². The molecular weight excluding hydrogens is 216 g/mol. The number of carbonyl (C=O) groups excluding carboxylic acids is 1. The van der Waals surface area contributed by atoms with Gasteiger partial charge < -0.3 is 15.7 Å². The normalized spacial score (nSPS) is 9.94. The zero-order valence-corrected chi connectivity index (χ0v) is 10.2. The smallest absolute Gasteiger partial charge is 0.314 e. The third kappa shape index (κ3) is 5.80. The van der Waals surface area contributed by atoms with Crippen molar-refractivity contribution in [2.45, 2.75) is 26.2 Å². The molecule has 0 atom stereocenters. The third-order valence-corrected chi connectivity index (χ3v) is 2.45. The number of amides is 2. The fourth-order valence-corrected chi connectivity index (χ4v) is 1.42. The maximum absolute atomic E-state index is 11.3. The van der Waals surface area contributed by atoms with Crippen molar-refractivity contribution >= 4 is 6.03 Å². The molecule has 1 aromatic rings. The van der Waals surface area contributed by atoms with E-state index in [1.54, 1.807) is 12.1 Å². The van der Waals surface area contributed by atoms with E-state index in [1.165, 1.54) is 0 Å². The Balaban J connectivity index is 2.14. The van der Waals surface area contributed by atoms with Crippen LogP contribution in [0.2, 0.25) is 0 Å². The van der Waals surface area contributed by atoms with Crippen LogP contribution in [0.4, 0.5) is 4.79 Å². The van der Waals surface area contributed by atoms with E-state index in [4.69, 9.17) is 5.11 Å². The van der Waals surface area contributed by atoms with Gasteiger partial charge in [0, 0.05) is 13.1 Å². The summed E-state index contributed by atoms with van der Waals surface area (Å²) >= 11 is 0. The topological polar surface area (TPSA) is 61.4 Å². The van der Waals surface area contributed by atoms with Gasteiger partial charge >= 0.3 is 6.03 Å². The Morgan fingerprint density at radius 2 is 1.82 bits per heavy atom. The predicted molar refractivity (Wildman–Crippen MR) is 68.1 cm³/mol. The van der Waals surface area contributed by atoms with E-state index in [2.05, 4.69) is 17.6 Å². The van der Waals surface area contributed by atoms with Gasteiger partial charge in [0.05, 0.1) is 0 Å². The first-order valence-corrected chi connectivity index (χ1v) is 6.02. The fraction of sp³-hybridized carbons (Fsp3) is 0.462. The Morgan fingerprint density at radius 3 is 2.47 bits per heavy atom. The molecule has 0 heterocycles. The molecule has 0 spiro atoms. The summed E-state index contributed by atoms with van der Waals surface area (Å²) in [5.74, 6) is 0.263. The van der Waals surface area contributed by atoms with Crippen LogP contribution in [0.5, 0.6) is 5.75 Å². The first kappa shape index (κ1) is 13.4. The summed E-state index contributed by atoms with van der Waals surface area (Å²) in [6.07, 6.45) is 2.85. The minimum absolute atomic E-state index is 0.114. The maximum atomic E-state index is 11.3. The molecule has 0 radical (unpaired) electrons. The van der Waals surface area contributed by atoms with Gasteiger partial charge in [0.25, 0.3) is 0 Å². The first-order valence-electron chi connectivity index (χ1n) is 6.02. The molecule has 0 aromatic heterocycles. The Hall–Kier alpha value is -1.71. The van der Waals surface area contributed by atoms with Crippen molar-refractivity contribution in [3.8, 4) is 5.75 Å². The number of phenols is 1. The van der Waals surface area contributed by atoms with Gasteiger partial charge in [-0.05, 0) is 30.5 Å². The van der Waals surface area contributed by atoms with Crippen LogP contribution in [0.25, 0.3) is 0 Å². The molecule has 3 N–H and O–H groups in total. The molecule has 0 unspecified atom stereocenters. The van der Waals surface area contributed by atoms with Crippen LogP contribution in [0.15, 0.2) is 24.3 Å². The molecule has 0 saturated heterocycles.